The highest BCUT2D eigenvalue weighted by Crippen LogP contribution is 2.21. The lowest BCUT2D eigenvalue weighted by molar-refractivity contribution is 0.177. The molecule has 168 valence electrons. The van der Waals surface area contributed by atoms with Crippen LogP contribution in [-0.2, 0) is 34.1 Å². The van der Waals surface area contributed by atoms with E-state index < -0.39 is 14.6 Å². The zero-order chi connectivity index (χ0) is 23.0. The summed E-state index contributed by atoms with van der Waals surface area (Å²) < 4.78 is 26.4. The van der Waals surface area contributed by atoms with E-state index in [4.69, 9.17) is 15.5 Å². The molecule has 10 nitrogen and oxygen atoms in total. The molecule has 0 bridgehead atoms. The fourth-order valence-corrected chi connectivity index (χ4v) is 4.81. The topological polar surface area (TPSA) is 121 Å². The average molecular weight is 495 g/mol. The third kappa shape index (κ3) is 4.67. The van der Waals surface area contributed by atoms with Crippen molar-refractivity contribution in [2.75, 3.05) is 5.48 Å². The number of benzene rings is 1. The predicted molar refractivity (Wildman–Crippen MR) is 121 cm³/mol. The third-order valence-electron chi connectivity index (χ3n) is 4.67. The molecule has 4 rings (SSSR count). The molecule has 0 spiro atoms. The Bertz CT molecular complexity index is 1470. The Hall–Kier alpha value is -2.80. The minimum Gasteiger partial charge on any atom is -0.275 e. The van der Waals surface area contributed by atoms with Crippen LogP contribution in [0.4, 0.5) is 5.95 Å². The van der Waals surface area contributed by atoms with E-state index in [1.165, 1.54) is 34.1 Å². The van der Waals surface area contributed by atoms with Gasteiger partial charge in [0.05, 0.1) is 44.1 Å². The van der Waals surface area contributed by atoms with Gasteiger partial charge in [-0.3, -0.25) is 18.9 Å². The second-order valence-corrected chi connectivity index (χ2v) is 11.0. The number of aryl methyl sites for hydroxylation is 3. The number of rotatable bonds is 7. The van der Waals surface area contributed by atoms with E-state index in [0.717, 1.165) is 21.1 Å². The molecule has 0 aliphatic rings. The highest BCUT2D eigenvalue weighted by Gasteiger charge is 2.17. The molecule has 0 atom stereocenters. The summed E-state index contributed by atoms with van der Waals surface area (Å²) >= 11 is 1.52. The van der Waals surface area contributed by atoms with Gasteiger partial charge < -0.3 is 0 Å². The number of anilines is 1. The summed E-state index contributed by atoms with van der Waals surface area (Å²) in [6.07, 6.45) is 3.40. The van der Waals surface area contributed by atoms with Gasteiger partial charge in [-0.05, 0) is 32.0 Å². The van der Waals surface area contributed by atoms with Gasteiger partial charge in [0, 0.05) is 29.5 Å². The maximum absolute atomic E-state index is 13.3. The first-order chi connectivity index (χ1) is 15.1. The summed E-state index contributed by atoms with van der Waals surface area (Å²) in [5.74, 6) is 0.173. The molecule has 4 aromatic rings. The largest absolute Gasteiger partial charge is 0.275 e. The zero-order valence-electron chi connectivity index (χ0n) is 17.4. The first kappa shape index (κ1) is 22.4. The van der Waals surface area contributed by atoms with Gasteiger partial charge in [-0.2, -0.15) is 5.10 Å². The smallest absolute Gasteiger partial charge is 0.263 e. The van der Waals surface area contributed by atoms with E-state index in [9.17, 15) is 13.2 Å². The summed E-state index contributed by atoms with van der Waals surface area (Å²) in [5, 5.41) is 5.18. The minimum absolute atomic E-state index is 0.120. The van der Waals surface area contributed by atoms with Crippen LogP contribution >= 0.6 is 22.0 Å². The molecule has 3 aromatic heterocycles. The lowest BCUT2D eigenvalue weighted by Crippen LogP contribution is -2.26. The molecule has 3 heterocycles. The van der Waals surface area contributed by atoms with Crippen LogP contribution < -0.4 is 11.0 Å². The molecule has 0 aliphatic heterocycles. The van der Waals surface area contributed by atoms with Crippen LogP contribution in [0.3, 0.4) is 0 Å². The van der Waals surface area contributed by atoms with E-state index in [-0.39, 0.29) is 29.4 Å². The first-order valence-corrected chi connectivity index (χ1v) is 12.5. The summed E-state index contributed by atoms with van der Waals surface area (Å²) in [4.78, 5) is 28.5. The second-order valence-electron chi connectivity index (χ2n) is 7.10. The van der Waals surface area contributed by atoms with Gasteiger partial charge in [0.25, 0.3) is 14.6 Å². The molecular formula is C19H19ClN6O4S2. The van der Waals surface area contributed by atoms with Gasteiger partial charge in [0.15, 0.2) is 0 Å². The molecule has 0 fully saturated rings. The van der Waals surface area contributed by atoms with Crippen LogP contribution in [0, 0.1) is 13.8 Å². The number of thiazole rings is 1. The van der Waals surface area contributed by atoms with Gasteiger partial charge >= 0.3 is 0 Å². The van der Waals surface area contributed by atoms with Crippen LogP contribution in [0.15, 0.2) is 40.3 Å². The molecular weight excluding hydrogens is 476 g/mol. The molecule has 1 aromatic carbocycles. The minimum atomic E-state index is -4.00. The number of hydrogen-bond donors (Lipinski definition) is 1. The fourth-order valence-electron chi connectivity index (χ4n) is 3.19. The number of halogens is 1. The van der Waals surface area contributed by atoms with E-state index in [1.54, 1.807) is 24.1 Å². The second kappa shape index (κ2) is 8.62. The van der Waals surface area contributed by atoms with E-state index in [1.807, 2.05) is 13.8 Å². The summed E-state index contributed by atoms with van der Waals surface area (Å²) in [5.41, 5.74) is 4.25. The number of aromatic nitrogens is 5. The van der Waals surface area contributed by atoms with Crippen LogP contribution in [0.25, 0.3) is 10.9 Å². The monoisotopic (exact) mass is 494 g/mol. The Labute approximate surface area is 191 Å². The standard InChI is InChI=1S/C19H19ClN6O4S2/c1-11-17(31-12(2)22-11)10-30-24-19-23-16-5-4-14(32(20,28)29)6-15(16)18(27)26(19)9-13-7-21-25(3)8-13/h4-8H,9-10H2,1-3H3,(H,23,24). The lowest BCUT2D eigenvalue weighted by atomic mass is 10.2. The summed E-state index contributed by atoms with van der Waals surface area (Å²) in [7, 11) is 3.22. The molecule has 0 unspecified atom stereocenters. The van der Waals surface area contributed by atoms with Gasteiger partial charge in [-0.25, -0.2) is 23.9 Å². The normalized spacial score (nSPS) is 11.9. The SMILES string of the molecule is Cc1nc(C)c(CONc2nc3ccc(S(=O)(=O)Cl)cc3c(=O)n2Cc2cnn(C)c2)s1. The van der Waals surface area contributed by atoms with E-state index in [0.29, 0.717) is 5.52 Å². The molecule has 1 N–H and O–H groups in total. The van der Waals surface area contributed by atoms with Gasteiger partial charge in [-0.1, -0.05) is 0 Å². The molecule has 0 aliphatic carbocycles. The Balaban J connectivity index is 1.74. The summed E-state index contributed by atoms with van der Waals surface area (Å²) in [6.45, 7) is 4.21. The fraction of sp³-hybridized carbons (Fsp3) is 0.263. The number of nitrogens with zero attached hydrogens (tertiary/aromatic N) is 5. The Morgan fingerprint density at radius 1 is 1.25 bits per heavy atom. The van der Waals surface area contributed by atoms with Crippen molar-refractivity contribution in [2.24, 2.45) is 7.05 Å². The summed E-state index contributed by atoms with van der Waals surface area (Å²) in [6, 6.07) is 3.96. The number of nitrogens with one attached hydrogen (secondary N) is 1. The third-order valence-corrected chi connectivity index (χ3v) is 7.07. The number of hydrogen-bond acceptors (Lipinski definition) is 9. The van der Waals surface area contributed by atoms with Crippen LogP contribution in [-0.4, -0.2) is 32.7 Å². The maximum atomic E-state index is 13.3. The molecule has 0 saturated heterocycles. The molecule has 13 heteroatoms. The lowest BCUT2D eigenvalue weighted by Gasteiger charge is -2.14. The highest BCUT2D eigenvalue weighted by atomic mass is 35.7. The Morgan fingerprint density at radius 2 is 2.03 bits per heavy atom. The van der Waals surface area contributed by atoms with Gasteiger partial charge in [0.2, 0.25) is 5.95 Å². The molecule has 0 amide bonds. The zero-order valence-corrected chi connectivity index (χ0v) is 19.8. The van der Waals surface area contributed by atoms with E-state index in [2.05, 4.69) is 20.5 Å². The average Bonchev–Trinajstić information content (AvgIpc) is 3.27. The van der Waals surface area contributed by atoms with Crippen molar-refractivity contribution >= 4 is 47.9 Å². The van der Waals surface area contributed by atoms with Crippen molar-refractivity contribution in [2.45, 2.75) is 31.9 Å². The van der Waals surface area contributed by atoms with Crippen LogP contribution in [0.2, 0.25) is 0 Å². The van der Waals surface area contributed by atoms with Gasteiger partial charge in [-0.15, -0.1) is 11.3 Å². The van der Waals surface area contributed by atoms with Gasteiger partial charge in [0.1, 0.15) is 6.61 Å². The molecule has 32 heavy (non-hydrogen) atoms. The van der Waals surface area contributed by atoms with Crippen molar-refractivity contribution < 1.29 is 13.3 Å². The maximum Gasteiger partial charge on any atom is 0.263 e. The first-order valence-electron chi connectivity index (χ1n) is 9.39. The van der Waals surface area contributed by atoms with E-state index >= 15 is 0 Å². The number of fused-ring (bicyclic) bond motifs is 1. The molecule has 0 saturated carbocycles. The van der Waals surface area contributed by atoms with Crippen molar-refractivity contribution in [1.29, 1.82) is 0 Å². The highest BCUT2D eigenvalue weighted by molar-refractivity contribution is 8.13. The van der Waals surface area contributed by atoms with Crippen LogP contribution in [0.5, 0.6) is 0 Å². The predicted octanol–water partition coefficient (Wildman–Crippen LogP) is 2.72. The Kier molecular flexibility index (Phi) is 6.03. The van der Waals surface area contributed by atoms with Crippen molar-refractivity contribution in [3.05, 3.63) is 62.1 Å². The van der Waals surface area contributed by atoms with Crippen molar-refractivity contribution in [1.82, 2.24) is 24.3 Å². The quantitative estimate of drug-likeness (QED) is 0.307. The van der Waals surface area contributed by atoms with Crippen molar-refractivity contribution in [3.63, 3.8) is 0 Å². The Morgan fingerprint density at radius 3 is 2.66 bits per heavy atom. The molecule has 0 radical (unpaired) electrons. The van der Waals surface area contributed by atoms with Crippen LogP contribution in [0.1, 0.15) is 21.1 Å². The van der Waals surface area contributed by atoms with Crippen molar-refractivity contribution in [3.8, 4) is 0 Å².